The molecule has 0 bridgehead atoms. The van der Waals surface area contributed by atoms with E-state index in [1.165, 1.54) is 5.56 Å². The predicted octanol–water partition coefficient (Wildman–Crippen LogP) is 3.69. The fourth-order valence-corrected chi connectivity index (χ4v) is 2.41. The summed E-state index contributed by atoms with van der Waals surface area (Å²) in [5, 5.41) is 9.11. The minimum absolute atomic E-state index is 0.403. The molecule has 0 fully saturated rings. The molecule has 1 heterocycles. The molecular weight excluding hydrogens is 246 g/mol. The summed E-state index contributed by atoms with van der Waals surface area (Å²) in [6, 6.07) is 8.04. The second-order valence-corrected chi connectivity index (χ2v) is 4.80. The van der Waals surface area contributed by atoms with Gasteiger partial charge in [-0.2, -0.15) is 0 Å². The van der Waals surface area contributed by atoms with Crippen LogP contribution >= 0.6 is 11.6 Å². The second kappa shape index (κ2) is 6.01. The van der Waals surface area contributed by atoms with Crippen LogP contribution in [0.5, 0.6) is 0 Å². The van der Waals surface area contributed by atoms with Gasteiger partial charge in [0, 0.05) is 24.2 Å². The molecule has 1 aromatic heterocycles. The number of aromatic nitrogens is 3. The number of rotatable bonds is 5. The van der Waals surface area contributed by atoms with Crippen LogP contribution in [0, 0.1) is 0 Å². The Hall–Kier alpha value is -1.35. The Bertz CT molecular complexity index is 507. The Balaban J connectivity index is 2.17. The van der Waals surface area contributed by atoms with Crippen LogP contribution in [0.15, 0.2) is 30.5 Å². The molecule has 18 heavy (non-hydrogen) atoms. The van der Waals surface area contributed by atoms with E-state index in [4.69, 9.17) is 11.6 Å². The highest BCUT2D eigenvalue weighted by atomic mass is 35.5. The molecule has 96 valence electrons. The van der Waals surface area contributed by atoms with Gasteiger partial charge in [-0.1, -0.05) is 41.9 Å². The lowest BCUT2D eigenvalue weighted by Crippen LogP contribution is -2.03. The summed E-state index contributed by atoms with van der Waals surface area (Å²) in [7, 11) is 0. The number of nitrogens with zero attached hydrogens (tertiary/aromatic N) is 3. The van der Waals surface area contributed by atoms with Crippen molar-refractivity contribution in [2.75, 3.05) is 0 Å². The maximum atomic E-state index is 6.26. The molecule has 2 aromatic rings. The molecule has 4 heteroatoms. The monoisotopic (exact) mass is 263 g/mol. The van der Waals surface area contributed by atoms with Gasteiger partial charge in [-0.15, -0.1) is 5.10 Å². The van der Waals surface area contributed by atoms with E-state index < -0.39 is 0 Å². The predicted molar refractivity (Wildman–Crippen MR) is 73.9 cm³/mol. The lowest BCUT2D eigenvalue weighted by molar-refractivity contribution is 0.624. The third-order valence-electron chi connectivity index (χ3n) is 3.20. The zero-order valence-corrected chi connectivity index (χ0v) is 11.6. The first-order chi connectivity index (χ1) is 8.74. The van der Waals surface area contributed by atoms with Crippen molar-refractivity contribution in [3.8, 4) is 0 Å². The van der Waals surface area contributed by atoms with Crippen molar-refractivity contribution in [2.24, 2.45) is 0 Å². The number of aryl methyl sites for hydroxylation is 1. The number of hydrogen-bond acceptors (Lipinski definition) is 2. The molecule has 0 aliphatic carbocycles. The maximum absolute atomic E-state index is 6.26. The minimum atomic E-state index is 0.403. The molecule has 1 atom stereocenters. The molecule has 3 nitrogen and oxygen atoms in total. The summed E-state index contributed by atoms with van der Waals surface area (Å²) >= 11 is 6.26. The Morgan fingerprint density at radius 3 is 2.67 bits per heavy atom. The third-order valence-corrected chi connectivity index (χ3v) is 3.55. The van der Waals surface area contributed by atoms with Crippen LogP contribution < -0.4 is 0 Å². The lowest BCUT2D eigenvalue weighted by Gasteiger charge is -2.15. The molecule has 0 radical (unpaired) electrons. The van der Waals surface area contributed by atoms with Crippen molar-refractivity contribution in [3.05, 3.63) is 46.7 Å². The van der Waals surface area contributed by atoms with Gasteiger partial charge in [0.25, 0.3) is 0 Å². The summed E-state index contributed by atoms with van der Waals surface area (Å²) in [6.07, 6.45) is 3.95. The Labute approximate surface area is 113 Å². The highest BCUT2D eigenvalue weighted by molar-refractivity contribution is 6.31. The fraction of sp³-hybridized carbons (Fsp3) is 0.429. The lowest BCUT2D eigenvalue weighted by atomic mass is 9.92. The number of benzene rings is 1. The van der Waals surface area contributed by atoms with E-state index in [1.807, 2.05) is 29.1 Å². The number of halogens is 1. The van der Waals surface area contributed by atoms with E-state index in [1.54, 1.807) is 0 Å². The van der Waals surface area contributed by atoms with Crippen LogP contribution in [0.25, 0.3) is 0 Å². The van der Waals surface area contributed by atoms with E-state index in [-0.39, 0.29) is 0 Å². The van der Waals surface area contributed by atoms with Gasteiger partial charge < -0.3 is 0 Å². The molecule has 0 saturated carbocycles. The van der Waals surface area contributed by atoms with Gasteiger partial charge in [-0.25, -0.2) is 0 Å². The van der Waals surface area contributed by atoms with E-state index in [0.29, 0.717) is 5.92 Å². The van der Waals surface area contributed by atoms with Gasteiger partial charge in [0.2, 0.25) is 0 Å². The van der Waals surface area contributed by atoms with Crippen molar-refractivity contribution in [3.63, 3.8) is 0 Å². The average molecular weight is 264 g/mol. The average Bonchev–Trinajstić information content (AvgIpc) is 2.85. The molecule has 0 N–H and O–H groups in total. The zero-order valence-electron chi connectivity index (χ0n) is 10.8. The quantitative estimate of drug-likeness (QED) is 0.824. The van der Waals surface area contributed by atoms with Crippen LogP contribution in [-0.4, -0.2) is 15.0 Å². The van der Waals surface area contributed by atoms with Gasteiger partial charge in [0.05, 0.1) is 5.69 Å². The molecule has 0 amide bonds. The van der Waals surface area contributed by atoms with Crippen LogP contribution in [-0.2, 0) is 13.0 Å². The summed E-state index contributed by atoms with van der Waals surface area (Å²) < 4.78 is 1.86. The van der Waals surface area contributed by atoms with Crippen LogP contribution in [0.2, 0.25) is 5.02 Å². The number of hydrogen-bond donors (Lipinski definition) is 0. The first-order valence-corrected chi connectivity index (χ1v) is 6.75. The molecule has 0 spiro atoms. The highest BCUT2D eigenvalue weighted by Gasteiger charge is 2.15. The molecule has 0 saturated heterocycles. The maximum Gasteiger partial charge on any atom is 0.0833 e. The van der Waals surface area contributed by atoms with Crippen molar-refractivity contribution < 1.29 is 0 Å². The smallest absolute Gasteiger partial charge is 0.0833 e. The first-order valence-electron chi connectivity index (χ1n) is 6.38. The summed E-state index contributed by atoms with van der Waals surface area (Å²) in [6.45, 7) is 5.10. The van der Waals surface area contributed by atoms with Gasteiger partial charge in [-0.3, -0.25) is 4.68 Å². The van der Waals surface area contributed by atoms with Crippen LogP contribution in [0.3, 0.4) is 0 Å². The largest absolute Gasteiger partial charge is 0.253 e. The van der Waals surface area contributed by atoms with Gasteiger partial charge >= 0.3 is 0 Å². The van der Waals surface area contributed by atoms with E-state index in [2.05, 4.69) is 30.2 Å². The molecule has 0 aliphatic heterocycles. The van der Waals surface area contributed by atoms with Crippen LogP contribution in [0.4, 0.5) is 0 Å². The highest BCUT2D eigenvalue weighted by Crippen LogP contribution is 2.29. The molecule has 1 unspecified atom stereocenters. The molecule has 2 rings (SSSR count). The van der Waals surface area contributed by atoms with Crippen LogP contribution in [0.1, 0.15) is 37.4 Å². The molecule has 0 aliphatic rings. The third kappa shape index (κ3) is 2.91. The normalized spacial score (nSPS) is 12.6. The Kier molecular flexibility index (Phi) is 4.37. The van der Waals surface area contributed by atoms with Gasteiger partial charge in [0.15, 0.2) is 0 Å². The van der Waals surface area contributed by atoms with Crippen molar-refractivity contribution >= 4 is 11.6 Å². The van der Waals surface area contributed by atoms with Crippen molar-refractivity contribution in [1.29, 1.82) is 0 Å². The first kappa shape index (κ1) is 13.1. The Morgan fingerprint density at radius 2 is 2.06 bits per heavy atom. The van der Waals surface area contributed by atoms with E-state index >= 15 is 0 Å². The molecular formula is C14H18ClN3. The summed E-state index contributed by atoms with van der Waals surface area (Å²) in [5.41, 5.74) is 2.23. The van der Waals surface area contributed by atoms with E-state index in [9.17, 15) is 0 Å². The fourth-order valence-electron chi connectivity index (χ4n) is 2.12. The Morgan fingerprint density at radius 1 is 1.28 bits per heavy atom. The van der Waals surface area contributed by atoms with Crippen molar-refractivity contribution in [1.82, 2.24) is 15.0 Å². The summed E-state index contributed by atoms with van der Waals surface area (Å²) in [5.74, 6) is 0.403. The second-order valence-electron chi connectivity index (χ2n) is 4.40. The van der Waals surface area contributed by atoms with E-state index in [0.717, 1.165) is 30.1 Å². The standard InChI is InChI=1S/C14H18ClN3/c1-3-11(13-7-5-6-8-14(13)15)9-12-10-18(4-2)17-16-12/h5-8,10-11H,3-4,9H2,1-2H3. The molecule has 1 aromatic carbocycles. The van der Waals surface area contributed by atoms with Crippen molar-refractivity contribution in [2.45, 2.75) is 39.2 Å². The van der Waals surface area contributed by atoms with Gasteiger partial charge in [-0.05, 0) is 30.9 Å². The zero-order chi connectivity index (χ0) is 13.0. The van der Waals surface area contributed by atoms with Gasteiger partial charge in [0.1, 0.15) is 0 Å². The minimum Gasteiger partial charge on any atom is -0.253 e. The topological polar surface area (TPSA) is 30.7 Å². The summed E-state index contributed by atoms with van der Waals surface area (Å²) in [4.78, 5) is 0. The SMILES string of the molecule is CCC(Cc1cn(CC)nn1)c1ccccc1Cl.